The molecule has 2 aromatic heterocycles. The molecule has 0 unspecified atom stereocenters. The maximum absolute atomic E-state index is 12.3. The van der Waals surface area contributed by atoms with Crippen LogP contribution in [0.15, 0.2) is 24.5 Å². The largest absolute Gasteiger partial charge is 0.467 e. The van der Waals surface area contributed by atoms with E-state index in [4.69, 9.17) is 4.74 Å². The number of hydrogen-bond acceptors (Lipinski definition) is 7. The summed E-state index contributed by atoms with van der Waals surface area (Å²) in [5.41, 5.74) is 1.94. The van der Waals surface area contributed by atoms with Crippen molar-refractivity contribution in [3.05, 3.63) is 50.6 Å². The Hall–Kier alpha value is -3.07. The van der Waals surface area contributed by atoms with E-state index in [2.05, 4.69) is 15.3 Å². The second-order valence-electron chi connectivity index (χ2n) is 6.33. The Morgan fingerprint density at radius 1 is 1.37 bits per heavy atom. The number of nitrogens with zero attached hydrogens (tertiary/aromatic N) is 3. The number of carbonyl (C=O) groups excluding carboxylic acids is 1. The summed E-state index contributed by atoms with van der Waals surface area (Å²) in [6, 6.07) is 4.63. The molecule has 3 aromatic rings. The summed E-state index contributed by atoms with van der Waals surface area (Å²) >= 11 is 1.64. The zero-order valence-electron chi connectivity index (χ0n) is 14.5. The van der Waals surface area contributed by atoms with Gasteiger partial charge in [0.05, 0.1) is 10.3 Å². The summed E-state index contributed by atoms with van der Waals surface area (Å²) < 4.78 is 5.63. The molecule has 4 rings (SSSR count). The summed E-state index contributed by atoms with van der Waals surface area (Å²) in [4.78, 5) is 33.5. The molecule has 0 bridgehead atoms. The molecule has 2 heterocycles. The standard InChI is InChI=1S/C18H16N4O4S/c1-10-5-6-12(13(7-10)22(24)25)21-15(23)8-26-17-16-11-3-2-4-14(11)27-18(16)20-9-19-17/h5-7,9H,2-4,8H2,1H3,(H,21,23). The fourth-order valence-electron chi connectivity index (χ4n) is 3.23. The van der Waals surface area contributed by atoms with Gasteiger partial charge in [-0.2, -0.15) is 0 Å². The van der Waals surface area contributed by atoms with Gasteiger partial charge in [-0.15, -0.1) is 11.3 Å². The van der Waals surface area contributed by atoms with Gasteiger partial charge in [-0.25, -0.2) is 9.97 Å². The van der Waals surface area contributed by atoms with Crippen molar-refractivity contribution in [3.8, 4) is 5.88 Å². The van der Waals surface area contributed by atoms with Crippen molar-refractivity contribution in [2.75, 3.05) is 11.9 Å². The van der Waals surface area contributed by atoms with Crippen LogP contribution in [0.4, 0.5) is 11.4 Å². The van der Waals surface area contributed by atoms with Crippen LogP contribution in [0.1, 0.15) is 22.4 Å². The zero-order chi connectivity index (χ0) is 19.0. The number of ether oxygens (including phenoxy) is 1. The predicted octanol–water partition coefficient (Wildman–Crippen LogP) is 3.41. The summed E-state index contributed by atoms with van der Waals surface area (Å²) in [6.45, 7) is 1.46. The van der Waals surface area contributed by atoms with Crippen LogP contribution in [-0.4, -0.2) is 27.4 Å². The first kappa shape index (κ1) is 17.3. The van der Waals surface area contributed by atoms with E-state index in [1.165, 1.54) is 28.9 Å². The van der Waals surface area contributed by atoms with Gasteiger partial charge in [0.2, 0.25) is 5.88 Å². The number of fused-ring (bicyclic) bond motifs is 3. The molecule has 1 aromatic carbocycles. The Morgan fingerprint density at radius 3 is 3.04 bits per heavy atom. The highest BCUT2D eigenvalue weighted by molar-refractivity contribution is 7.18. The maximum atomic E-state index is 12.3. The van der Waals surface area contributed by atoms with Gasteiger partial charge in [0, 0.05) is 10.9 Å². The normalized spacial score (nSPS) is 12.8. The number of benzene rings is 1. The molecular formula is C18H16N4O4S. The van der Waals surface area contributed by atoms with E-state index in [1.807, 2.05) is 0 Å². The van der Waals surface area contributed by atoms with Gasteiger partial charge < -0.3 is 10.1 Å². The highest BCUT2D eigenvalue weighted by Gasteiger charge is 2.22. The molecule has 0 saturated carbocycles. The minimum absolute atomic E-state index is 0.142. The molecule has 0 spiro atoms. The lowest BCUT2D eigenvalue weighted by molar-refractivity contribution is -0.384. The van der Waals surface area contributed by atoms with E-state index >= 15 is 0 Å². The van der Waals surface area contributed by atoms with Crippen LogP contribution in [0, 0.1) is 17.0 Å². The molecule has 9 heteroatoms. The number of amides is 1. The minimum Gasteiger partial charge on any atom is -0.467 e. The van der Waals surface area contributed by atoms with Crippen LogP contribution < -0.4 is 10.1 Å². The lowest BCUT2D eigenvalue weighted by atomic mass is 10.2. The first-order chi connectivity index (χ1) is 13.0. The van der Waals surface area contributed by atoms with Crippen LogP contribution in [-0.2, 0) is 17.6 Å². The van der Waals surface area contributed by atoms with E-state index in [9.17, 15) is 14.9 Å². The highest BCUT2D eigenvalue weighted by Crippen LogP contribution is 2.39. The molecular weight excluding hydrogens is 368 g/mol. The van der Waals surface area contributed by atoms with Crippen molar-refractivity contribution >= 4 is 38.8 Å². The molecule has 0 fully saturated rings. The Labute approximate surface area is 158 Å². The van der Waals surface area contributed by atoms with E-state index in [0.717, 1.165) is 35.0 Å². The molecule has 0 aliphatic heterocycles. The quantitative estimate of drug-likeness (QED) is 0.533. The fraction of sp³-hybridized carbons (Fsp3) is 0.278. The second-order valence-corrected chi connectivity index (χ2v) is 7.41. The molecule has 27 heavy (non-hydrogen) atoms. The molecule has 0 radical (unpaired) electrons. The number of thiophene rings is 1. The number of aromatic nitrogens is 2. The van der Waals surface area contributed by atoms with Crippen LogP contribution in [0.2, 0.25) is 0 Å². The van der Waals surface area contributed by atoms with E-state index < -0.39 is 10.8 Å². The van der Waals surface area contributed by atoms with Gasteiger partial charge in [0.15, 0.2) is 6.61 Å². The number of nitrogens with one attached hydrogen (secondary N) is 1. The van der Waals surface area contributed by atoms with Crippen LogP contribution >= 0.6 is 11.3 Å². The number of rotatable bonds is 5. The van der Waals surface area contributed by atoms with Crippen molar-refractivity contribution in [1.29, 1.82) is 0 Å². The van der Waals surface area contributed by atoms with Crippen molar-refractivity contribution < 1.29 is 14.5 Å². The second kappa shape index (κ2) is 6.92. The molecule has 8 nitrogen and oxygen atoms in total. The number of nitro benzene ring substituents is 1. The molecule has 1 aliphatic carbocycles. The summed E-state index contributed by atoms with van der Waals surface area (Å²) in [5, 5.41) is 14.6. The average molecular weight is 384 g/mol. The molecule has 1 N–H and O–H groups in total. The third-order valence-electron chi connectivity index (χ3n) is 4.43. The van der Waals surface area contributed by atoms with E-state index in [0.29, 0.717) is 5.88 Å². The number of nitro groups is 1. The summed E-state index contributed by atoms with van der Waals surface area (Å²) in [7, 11) is 0. The Bertz CT molecular complexity index is 1060. The van der Waals surface area contributed by atoms with Crippen molar-refractivity contribution in [3.63, 3.8) is 0 Å². The molecule has 0 atom stereocenters. The predicted molar refractivity (Wildman–Crippen MR) is 101 cm³/mol. The van der Waals surface area contributed by atoms with Crippen molar-refractivity contribution in [2.24, 2.45) is 0 Å². The van der Waals surface area contributed by atoms with Gasteiger partial charge in [0.1, 0.15) is 16.8 Å². The van der Waals surface area contributed by atoms with Crippen molar-refractivity contribution in [1.82, 2.24) is 9.97 Å². The Morgan fingerprint density at radius 2 is 2.22 bits per heavy atom. The number of hydrogen-bond donors (Lipinski definition) is 1. The van der Waals surface area contributed by atoms with Gasteiger partial charge >= 0.3 is 0 Å². The SMILES string of the molecule is Cc1ccc(NC(=O)COc2ncnc3sc4c(c23)CCC4)c([N+](=O)[O-])c1. The lowest BCUT2D eigenvalue weighted by Gasteiger charge is -2.09. The smallest absolute Gasteiger partial charge is 0.293 e. The molecule has 1 amide bonds. The molecule has 138 valence electrons. The van der Waals surface area contributed by atoms with E-state index in [-0.39, 0.29) is 18.0 Å². The third-order valence-corrected chi connectivity index (χ3v) is 5.63. The monoisotopic (exact) mass is 384 g/mol. The van der Waals surface area contributed by atoms with Crippen LogP contribution in [0.3, 0.4) is 0 Å². The third kappa shape index (κ3) is 3.33. The topological polar surface area (TPSA) is 107 Å². The van der Waals surface area contributed by atoms with Gasteiger partial charge in [-0.1, -0.05) is 6.07 Å². The first-order valence-electron chi connectivity index (χ1n) is 8.46. The number of carbonyl (C=O) groups is 1. The van der Waals surface area contributed by atoms with Gasteiger partial charge in [0.25, 0.3) is 11.6 Å². The minimum atomic E-state index is -0.522. The fourth-order valence-corrected chi connectivity index (χ4v) is 4.45. The number of anilines is 1. The molecule has 0 saturated heterocycles. The maximum Gasteiger partial charge on any atom is 0.293 e. The Kier molecular flexibility index (Phi) is 4.44. The lowest BCUT2D eigenvalue weighted by Crippen LogP contribution is -2.21. The van der Waals surface area contributed by atoms with Gasteiger partial charge in [-0.05, 0) is 43.4 Å². The average Bonchev–Trinajstić information content (AvgIpc) is 3.22. The van der Waals surface area contributed by atoms with Gasteiger partial charge in [-0.3, -0.25) is 14.9 Å². The Balaban J connectivity index is 1.51. The van der Waals surface area contributed by atoms with Crippen LogP contribution in [0.25, 0.3) is 10.2 Å². The highest BCUT2D eigenvalue weighted by atomic mass is 32.1. The zero-order valence-corrected chi connectivity index (χ0v) is 15.3. The van der Waals surface area contributed by atoms with E-state index in [1.54, 1.807) is 24.3 Å². The van der Waals surface area contributed by atoms with Crippen LogP contribution in [0.5, 0.6) is 5.88 Å². The first-order valence-corrected chi connectivity index (χ1v) is 9.27. The number of aryl methyl sites for hydroxylation is 3. The summed E-state index contributed by atoms with van der Waals surface area (Å²) in [5.74, 6) is -0.103. The summed E-state index contributed by atoms with van der Waals surface area (Å²) in [6.07, 6.45) is 4.52. The van der Waals surface area contributed by atoms with Crippen molar-refractivity contribution in [2.45, 2.75) is 26.2 Å². The molecule has 1 aliphatic rings.